The molecule has 0 heterocycles. The molecule has 4 nitrogen and oxygen atoms in total. The normalized spacial score (nSPS) is 17.3. The Balaban J connectivity index is 1.60. The predicted octanol–water partition coefficient (Wildman–Crippen LogP) is 4.40. The number of alkyl halides is 5. The maximum Gasteiger partial charge on any atom is 0.427 e. The topological polar surface area (TPSA) is 72.4 Å². The Labute approximate surface area is 178 Å². The summed E-state index contributed by atoms with van der Waals surface area (Å²) in [6.07, 6.45) is -7.48. The number of hydrogen-bond donors (Lipinski definition) is 2. The van der Waals surface area contributed by atoms with Gasteiger partial charge in [0, 0.05) is 11.6 Å². The first kappa shape index (κ1) is 23.5. The van der Waals surface area contributed by atoms with Crippen LogP contribution in [0.4, 0.5) is 27.6 Å². The van der Waals surface area contributed by atoms with Crippen LogP contribution in [0.1, 0.15) is 24.0 Å². The predicted molar refractivity (Wildman–Crippen MR) is 105 cm³/mol. The van der Waals surface area contributed by atoms with Crippen LogP contribution >= 0.6 is 0 Å². The van der Waals surface area contributed by atoms with Gasteiger partial charge in [-0.15, -0.1) is 0 Å². The van der Waals surface area contributed by atoms with Crippen molar-refractivity contribution in [3.63, 3.8) is 0 Å². The van der Waals surface area contributed by atoms with Crippen molar-refractivity contribution in [2.24, 2.45) is 5.92 Å². The molecule has 1 amide bonds. The molecule has 1 fully saturated rings. The molecule has 0 saturated heterocycles. The Hall–Kier alpha value is -2.17. The molecule has 1 aliphatic rings. The lowest BCUT2D eigenvalue weighted by atomic mass is 9.93. The minimum absolute atomic E-state index is 0.0409. The molecule has 2 aromatic rings. The molecule has 0 spiro atoms. The van der Waals surface area contributed by atoms with Crippen LogP contribution in [-0.4, -0.2) is 33.9 Å². The average Bonchev–Trinajstić information content (AvgIpc) is 3.51. The minimum Gasteiger partial charge on any atom is -0.611 e. The van der Waals surface area contributed by atoms with Crippen molar-refractivity contribution in [3.05, 3.63) is 59.7 Å². The third-order valence-corrected chi connectivity index (χ3v) is 6.56. The van der Waals surface area contributed by atoms with Crippen LogP contribution in [0, 0.1) is 5.92 Å². The fourth-order valence-electron chi connectivity index (χ4n) is 2.97. The van der Waals surface area contributed by atoms with Gasteiger partial charge in [0.25, 0.3) is 6.43 Å². The number of aliphatic hydroxyl groups is 1. The zero-order valence-electron chi connectivity index (χ0n) is 16.2. The first-order valence-corrected chi connectivity index (χ1v) is 10.8. The van der Waals surface area contributed by atoms with Crippen molar-refractivity contribution < 1.29 is 36.4 Å². The molecule has 168 valence electrons. The molecular weight excluding hydrogens is 441 g/mol. The summed E-state index contributed by atoms with van der Waals surface area (Å²) >= 11 is -1.08. The number of nitrogens with one attached hydrogen (secondary N) is 1. The second-order valence-electron chi connectivity index (χ2n) is 7.47. The summed E-state index contributed by atoms with van der Waals surface area (Å²) in [4.78, 5) is 12.9. The molecule has 1 aliphatic carbocycles. The monoisotopic (exact) mass is 461 g/mol. The Bertz CT molecular complexity index is 901. The SMILES string of the molecule is O=C(Cc1ccc([S@@+]([O-])CC2CC2)cc1)Nc1ccc([C@](O)(C(F)F)C(F)(F)F)cc1. The molecular formula is C21H20F5NO3S. The van der Waals surface area contributed by atoms with Crippen LogP contribution in [0.3, 0.4) is 0 Å². The van der Waals surface area contributed by atoms with Crippen molar-refractivity contribution in [3.8, 4) is 0 Å². The average molecular weight is 461 g/mol. The van der Waals surface area contributed by atoms with Crippen molar-refractivity contribution >= 4 is 22.8 Å². The highest BCUT2D eigenvalue weighted by atomic mass is 32.2. The molecule has 3 rings (SSSR count). The van der Waals surface area contributed by atoms with Gasteiger partial charge in [-0.3, -0.25) is 4.79 Å². The summed E-state index contributed by atoms with van der Waals surface area (Å²) in [6, 6.07) is 10.1. The quantitative estimate of drug-likeness (QED) is 0.452. The highest BCUT2D eigenvalue weighted by molar-refractivity contribution is 7.91. The lowest BCUT2D eigenvalue weighted by Gasteiger charge is -2.30. The molecule has 0 radical (unpaired) electrons. The second-order valence-corrected chi connectivity index (χ2v) is 8.96. The van der Waals surface area contributed by atoms with Crippen LogP contribution in [0.5, 0.6) is 0 Å². The van der Waals surface area contributed by atoms with Crippen molar-refractivity contribution in [2.75, 3.05) is 11.1 Å². The third kappa shape index (κ3) is 5.55. The van der Waals surface area contributed by atoms with Gasteiger partial charge in [-0.25, -0.2) is 8.78 Å². The summed E-state index contributed by atoms with van der Waals surface area (Å²) < 4.78 is 76.7. The zero-order valence-corrected chi connectivity index (χ0v) is 17.0. The zero-order chi connectivity index (χ0) is 22.8. The van der Waals surface area contributed by atoms with E-state index < -0.39 is 40.8 Å². The highest BCUT2D eigenvalue weighted by Crippen LogP contribution is 2.43. The number of amides is 1. The molecule has 2 N–H and O–H groups in total. The van der Waals surface area contributed by atoms with Gasteiger partial charge in [-0.1, -0.05) is 24.3 Å². The lowest BCUT2D eigenvalue weighted by molar-refractivity contribution is -0.305. The standard InChI is InChI=1S/C21H20F5NO3S/c22-19(23)20(29,21(24,25)26)15-5-7-16(8-6-15)27-18(28)11-13-3-9-17(10-4-13)31(30)12-14-1-2-14/h3-10,14,19,29H,1-2,11-12H2,(H,27,28)/t20-,31-/m0/s1. The fraction of sp³-hybridized carbons (Fsp3) is 0.381. The van der Waals surface area contributed by atoms with Gasteiger partial charge in [0.15, 0.2) is 4.90 Å². The number of hydrogen-bond acceptors (Lipinski definition) is 3. The van der Waals surface area contributed by atoms with Gasteiger partial charge < -0.3 is 15.0 Å². The van der Waals surface area contributed by atoms with E-state index >= 15 is 0 Å². The fourth-order valence-corrected chi connectivity index (χ4v) is 4.36. The summed E-state index contributed by atoms with van der Waals surface area (Å²) in [5.41, 5.74) is -4.58. The Morgan fingerprint density at radius 1 is 1.10 bits per heavy atom. The van der Waals surface area contributed by atoms with Crippen LogP contribution in [0.25, 0.3) is 0 Å². The molecule has 2 atom stereocenters. The van der Waals surface area contributed by atoms with Gasteiger partial charge in [0.05, 0.1) is 6.42 Å². The van der Waals surface area contributed by atoms with E-state index in [-0.39, 0.29) is 12.1 Å². The summed E-state index contributed by atoms with van der Waals surface area (Å²) in [5.74, 6) is 0.676. The molecule has 1 saturated carbocycles. The number of rotatable bonds is 8. The van der Waals surface area contributed by atoms with Crippen molar-refractivity contribution in [1.82, 2.24) is 0 Å². The number of anilines is 1. The first-order chi connectivity index (χ1) is 14.5. The van der Waals surface area contributed by atoms with E-state index in [1.807, 2.05) is 0 Å². The smallest absolute Gasteiger partial charge is 0.427 e. The number of halogens is 5. The van der Waals surface area contributed by atoms with Gasteiger partial charge in [-0.05, 0) is 59.4 Å². The van der Waals surface area contributed by atoms with Crippen LogP contribution in [-0.2, 0) is 28.0 Å². The van der Waals surface area contributed by atoms with E-state index in [4.69, 9.17) is 0 Å². The molecule has 10 heteroatoms. The molecule has 2 aromatic carbocycles. The maximum absolute atomic E-state index is 12.9. The number of carbonyl (C=O) groups excluding carboxylic acids is 1. The van der Waals surface area contributed by atoms with E-state index in [0.29, 0.717) is 34.3 Å². The van der Waals surface area contributed by atoms with E-state index in [9.17, 15) is 36.4 Å². The molecule has 0 bridgehead atoms. The molecule has 0 unspecified atom stereocenters. The highest BCUT2D eigenvalue weighted by Gasteiger charge is 2.61. The Kier molecular flexibility index (Phi) is 6.92. The summed E-state index contributed by atoms with van der Waals surface area (Å²) in [6.45, 7) is 0. The van der Waals surface area contributed by atoms with Crippen LogP contribution < -0.4 is 5.32 Å². The van der Waals surface area contributed by atoms with Crippen molar-refractivity contribution in [1.29, 1.82) is 0 Å². The van der Waals surface area contributed by atoms with Gasteiger partial charge >= 0.3 is 6.18 Å². The lowest BCUT2D eigenvalue weighted by Crippen LogP contribution is -2.48. The van der Waals surface area contributed by atoms with E-state index in [1.54, 1.807) is 24.3 Å². The van der Waals surface area contributed by atoms with E-state index in [2.05, 4.69) is 5.32 Å². The summed E-state index contributed by atoms with van der Waals surface area (Å²) in [5, 5.41) is 12.0. The minimum atomic E-state index is -5.57. The number of carbonyl (C=O) groups is 1. The van der Waals surface area contributed by atoms with Gasteiger partial charge in [-0.2, -0.15) is 13.2 Å². The molecule has 31 heavy (non-hydrogen) atoms. The van der Waals surface area contributed by atoms with E-state index in [1.165, 1.54) is 0 Å². The van der Waals surface area contributed by atoms with Gasteiger partial charge in [0.1, 0.15) is 5.75 Å². The van der Waals surface area contributed by atoms with Crippen LogP contribution in [0.2, 0.25) is 0 Å². The summed E-state index contributed by atoms with van der Waals surface area (Å²) in [7, 11) is 0. The largest absolute Gasteiger partial charge is 0.611 e. The maximum atomic E-state index is 12.9. The molecule has 0 aliphatic heterocycles. The van der Waals surface area contributed by atoms with Gasteiger partial charge in [0.2, 0.25) is 11.5 Å². The van der Waals surface area contributed by atoms with Crippen LogP contribution in [0.15, 0.2) is 53.4 Å². The second kappa shape index (κ2) is 9.13. The molecule has 0 aromatic heterocycles. The van der Waals surface area contributed by atoms with E-state index in [0.717, 1.165) is 25.0 Å². The Morgan fingerprint density at radius 2 is 1.68 bits per heavy atom. The third-order valence-electron chi connectivity index (χ3n) is 4.99. The Morgan fingerprint density at radius 3 is 2.16 bits per heavy atom. The van der Waals surface area contributed by atoms with Crippen molar-refractivity contribution in [2.45, 2.75) is 42.4 Å². The number of benzene rings is 2. The first-order valence-electron chi connectivity index (χ1n) is 9.45.